The van der Waals surface area contributed by atoms with Gasteiger partial charge in [0.15, 0.2) is 0 Å². The predicted molar refractivity (Wildman–Crippen MR) is 122 cm³/mol. The number of hydrogen-bond donors (Lipinski definition) is 7. The van der Waals surface area contributed by atoms with E-state index in [1.807, 2.05) is 0 Å². The number of hydrogen-bond acceptors (Lipinski definition) is 7. The Bertz CT molecular complexity index is 789. The first-order valence-corrected chi connectivity index (χ1v) is 10.9. The average molecular weight is 466 g/mol. The van der Waals surface area contributed by atoms with Crippen LogP contribution in [0.3, 0.4) is 0 Å². The maximum absolute atomic E-state index is 12.6. The quantitative estimate of drug-likeness (QED) is 0.163. The van der Waals surface area contributed by atoms with Crippen LogP contribution in [0.5, 0.6) is 0 Å². The molecule has 0 heterocycles. The molecule has 11 nitrogen and oxygen atoms in total. The Hall–Kier alpha value is -3.02. The van der Waals surface area contributed by atoms with Gasteiger partial charge in [-0.05, 0) is 38.8 Å². The second kappa shape index (κ2) is 14.2. The number of aliphatic hydroxyl groups is 1. The highest BCUT2D eigenvalue weighted by molar-refractivity contribution is 5.94. The van der Waals surface area contributed by atoms with Gasteiger partial charge in [-0.25, -0.2) is 4.79 Å². The lowest BCUT2D eigenvalue weighted by atomic mass is 10.1. The van der Waals surface area contributed by atoms with E-state index in [0.29, 0.717) is 25.8 Å². The van der Waals surface area contributed by atoms with Gasteiger partial charge in [0, 0.05) is 6.42 Å². The fraction of sp³-hybridized carbons (Fsp3) is 0.545. The number of amides is 3. The van der Waals surface area contributed by atoms with Gasteiger partial charge in [0.25, 0.3) is 0 Å². The van der Waals surface area contributed by atoms with Crippen LogP contribution in [0.15, 0.2) is 30.3 Å². The third kappa shape index (κ3) is 9.98. The molecule has 0 aliphatic carbocycles. The van der Waals surface area contributed by atoms with Gasteiger partial charge < -0.3 is 37.6 Å². The molecule has 0 bridgehead atoms. The highest BCUT2D eigenvalue weighted by atomic mass is 16.4. The van der Waals surface area contributed by atoms with Crippen LogP contribution in [0.2, 0.25) is 0 Å². The lowest BCUT2D eigenvalue weighted by Gasteiger charge is -2.25. The topological polar surface area (TPSA) is 197 Å². The Morgan fingerprint density at radius 1 is 0.939 bits per heavy atom. The summed E-state index contributed by atoms with van der Waals surface area (Å²) in [5.74, 6) is -3.35. The first kappa shape index (κ1) is 28.0. The van der Waals surface area contributed by atoms with Gasteiger partial charge >= 0.3 is 5.97 Å². The maximum atomic E-state index is 12.6. The molecule has 3 amide bonds. The Morgan fingerprint density at radius 2 is 1.58 bits per heavy atom. The molecule has 11 heteroatoms. The van der Waals surface area contributed by atoms with Crippen LogP contribution < -0.4 is 27.4 Å². The van der Waals surface area contributed by atoms with Crippen molar-refractivity contribution in [2.75, 3.05) is 6.54 Å². The number of carbonyl (C=O) groups excluding carboxylic acids is 3. The zero-order valence-corrected chi connectivity index (χ0v) is 19.0. The molecule has 0 saturated carbocycles. The summed E-state index contributed by atoms with van der Waals surface area (Å²) in [7, 11) is 0. The van der Waals surface area contributed by atoms with E-state index in [4.69, 9.17) is 11.5 Å². The van der Waals surface area contributed by atoms with E-state index in [9.17, 15) is 29.4 Å². The van der Waals surface area contributed by atoms with Gasteiger partial charge in [-0.3, -0.25) is 14.4 Å². The molecule has 0 aromatic heterocycles. The lowest BCUT2D eigenvalue weighted by Crippen LogP contribution is -2.59. The van der Waals surface area contributed by atoms with Crippen LogP contribution in [0, 0.1) is 0 Å². The van der Waals surface area contributed by atoms with Crippen LogP contribution in [-0.2, 0) is 25.6 Å². The van der Waals surface area contributed by atoms with E-state index in [1.54, 1.807) is 30.3 Å². The predicted octanol–water partition coefficient (Wildman–Crippen LogP) is -1.37. The van der Waals surface area contributed by atoms with E-state index in [2.05, 4.69) is 16.0 Å². The van der Waals surface area contributed by atoms with E-state index >= 15 is 0 Å². The van der Waals surface area contributed by atoms with Crippen molar-refractivity contribution in [3.05, 3.63) is 35.9 Å². The summed E-state index contributed by atoms with van der Waals surface area (Å²) in [6, 6.07) is 4.26. The van der Waals surface area contributed by atoms with Crippen molar-refractivity contribution in [3.63, 3.8) is 0 Å². The van der Waals surface area contributed by atoms with Gasteiger partial charge in [0.2, 0.25) is 17.7 Å². The number of carboxylic acid groups (broad SMARTS) is 1. The van der Waals surface area contributed by atoms with Crippen molar-refractivity contribution in [3.8, 4) is 0 Å². The zero-order valence-electron chi connectivity index (χ0n) is 19.0. The first-order valence-electron chi connectivity index (χ1n) is 10.9. The van der Waals surface area contributed by atoms with Crippen LogP contribution in [0.1, 0.15) is 38.7 Å². The normalized spacial score (nSPS) is 15.4. The standard InChI is InChI=1S/C22H35N5O6/c1-13(19(29)26-17(22(32)33)12-15-8-4-3-5-9-15)25-21(31)18(14(2)28)27-20(30)16(24)10-6-7-11-23/h3-5,8-9,13-14,16-18,28H,6-7,10-12,23-24H2,1-2H3,(H,25,31)(H,26,29)(H,27,30)(H,32,33). The second-order valence-electron chi connectivity index (χ2n) is 7.94. The highest BCUT2D eigenvalue weighted by Gasteiger charge is 2.30. The van der Waals surface area contributed by atoms with Crippen LogP contribution in [0.25, 0.3) is 0 Å². The molecule has 0 spiro atoms. The van der Waals surface area contributed by atoms with Gasteiger partial charge in [-0.1, -0.05) is 36.8 Å². The van der Waals surface area contributed by atoms with Gasteiger partial charge in [0.1, 0.15) is 18.1 Å². The number of nitrogens with one attached hydrogen (secondary N) is 3. The number of aliphatic hydroxyl groups excluding tert-OH is 1. The number of nitrogens with two attached hydrogens (primary N) is 2. The summed E-state index contributed by atoms with van der Waals surface area (Å²) < 4.78 is 0. The Morgan fingerprint density at radius 3 is 2.12 bits per heavy atom. The zero-order chi connectivity index (χ0) is 25.0. The van der Waals surface area contributed by atoms with Crippen LogP contribution >= 0.6 is 0 Å². The van der Waals surface area contributed by atoms with Crippen molar-refractivity contribution >= 4 is 23.7 Å². The molecule has 1 aromatic rings. The minimum absolute atomic E-state index is 0.0664. The summed E-state index contributed by atoms with van der Waals surface area (Å²) in [5.41, 5.74) is 12.0. The molecule has 184 valence electrons. The van der Waals surface area contributed by atoms with E-state index < -0.39 is 54.0 Å². The molecule has 1 rings (SSSR count). The molecule has 5 atom stereocenters. The summed E-state index contributed by atoms with van der Waals surface area (Å²) in [6.07, 6.45) is 0.521. The fourth-order valence-electron chi connectivity index (χ4n) is 3.02. The minimum Gasteiger partial charge on any atom is -0.480 e. The SMILES string of the molecule is CC(NC(=O)C(NC(=O)C(N)CCCCN)C(C)O)C(=O)NC(Cc1ccccc1)C(=O)O. The average Bonchev–Trinajstić information content (AvgIpc) is 2.76. The van der Waals surface area contributed by atoms with Crippen LogP contribution in [0.4, 0.5) is 0 Å². The third-order valence-electron chi connectivity index (χ3n) is 5.02. The van der Waals surface area contributed by atoms with E-state index in [0.717, 1.165) is 5.56 Å². The summed E-state index contributed by atoms with van der Waals surface area (Å²) in [4.78, 5) is 48.9. The smallest absolute Gasteiger partial charge is 0.326 e. The van der Waals surface area contributed by atoms with Crippen molar-refractivity contribution in [1.29, 1.82) is 0 Å². The number of benzene rings is 1. The maximum Gasteiger partial charge on any atom is 0.326 e. The summed E-state index contributed by atoms with van der Waals surface area (Å²) in [5, 5.41) is 26.6. The number of carbonyl (C=O) groups is 4. The molecule has 0 aliphatic heterocycles. The van der Waals surface area contributed by atoms with E-state index in [-0.39, 0.29) is 6.42 Å². The first-order chi connectivity index (χ1) is 15.6. The van der Waals surface area contributed by atoms with Crippen molar-refractivity contribution in [2.45, 2.75) is 69.8 Å². The minimum atomic E-state index is -1.34. The molecule has 0 radical (unpaired) electrons. The molecular formula is C22H35N5O6. The summed E-state index contributed by atoms with van der Waals surface area (Å²) in [6.45, 7) is 3.16. The molecule has 0 saturated heterocycles. The van der Waals surface area contributed by atoms with Crippen LogP contribution in [-0.4, -0.2) is 70.7 Å². The molecule has 33 heavy (non-hydrogen) atoms. The Kier molecular flexibility index (Phi) is 12.0. The number of aliphatic carboxylic acids is 1. The van der Waals surface area contributed by atoms with Gasteiger partial charge in [-0.2, -0.15) is 0 Å². The van der Waals surface area contributed by atoms with Gasteiger partial charge in [0.05, 0.1) is 12.1 Å². The number of carboxylic acids is 1. The van der Waals surface area contributed by atoms with Gasteiger partial charge in [-0.15, -0.1) is 0 Å². The number of unbranched alkanes of at least 4 members (excludes halogenated alkanes) is 1. The molecule has 1 aromatic carbocycles. The second-order valence-corrected chi connectivity index (χ2v) is 7.94. The molecule has 0 fully saturated rings. The van der Waals surface area contributed by atoms with Crippen molar-refractivity contribution in [2.24, 2.45) is 11.5 Å². The van der Waals surface area contributed by atoms with Crippen molar-refractivity contribution in [1.82, 2.24) is 16.0 Å². The monoisotopic (exact) mass is 465 g/mol. The van der Waals surface area contributed by atoms with Crippen molar-refractivity contribution < 1.29 is 29.4 Å². The molecule has 0 aliphatic rings. The lowest BCUT2D eigenvalue weighted by molar-refractivity contribution is -0.142. The molecule has 9 N–H and O–H groups in total. The number of rotatable bonds is 14. The fourth-order valence-corrected chi connectivity index (χ4v) is 3.02. The Balaban J connectivity index is 2.70. The third-order valence-corrected chi connectivity index (χ3v) is 5.02. The summed E-state index contributed by atoms with van der Waals surface area (Å²) >= 11 is 0. The highest BCUT2D eigenvalue weighted by Crippen LogP contribution is 2.05. The molecular weight excluding hydrogens is 430 g/mol. The largest absolute Gasteiger partial charge is 0.480 e. The molecule has 5 unspecified atom stereocenters. The van der Waals surface area contributed by atoms with E-state index in [1.165, 1.54) is 13.8 Å². The Labute approximate surface area is 193 Å².